The summed E-state index contributed by atoms with van der Waals surface area (Å²) in [6.07, 6.45) is -0.00111. The number of cyclic esters (lactones) is 1. The predicted molar refractivity (Wildman–Crippen MR) is 247 cm³/mol. The minimum absolute atomic E-state index is 0.00207. The number of rotatable bonds is 11. The molecule has 0 unspecified atom stereocenters. The first-order valence-electron chi connectivity index (χ1n) is 21.9. The number of fused-ring (bicyclic) bond motifs is 5. The zero-order valence-corrected chi connectivity index (χ0v) is 37.6. The number of amides is 2. The summed E-state index contributed by atoms with van der Waals surface area (Å²) in [4.78, 5) is 59.3. The molecule has 2 amide bonds. The van der Waals surface area contributed by atoms with Crippen LogP contribution in [-0.2, 0) is 34.7 Å². The van der Waals surface area contributed by atoms with Gasteiger partial charge in [0.15, 0.2) is 11.4 Å². The van der Waals surface area contributed by atoms with Gasteiger partial charge >= 0.3 is 12.1 Å². The van der Waals surface area contributed by atoms with E-state index < -0.39 is 23.6 Å². The Balaban J connectivity index is 0.913. The normalized spacial score (nSPS) is 14.9. The summed E-state index contributed by atoms with van der Waals surface area (Å²) in [5.74, 6) is -0.127. The van der Waals surface area contributed by atoms with E-state index in [1.54, 1.807) is 104 Å². The van der Waals surface area contributed by atoms with Gasteiger partial charge in [0.25, 0.3) is 11.5 Å². The summed E-state index contributed by atoms with van der Waals surface area (Å²) in [6, 6.07) is 23.5. The van der Waals surface area contributed by atoms with Crippen LogP contribution in [0.4, 0.5) is 10.5 Å². The van der Waals surface area contributed by atoms with Crippen LogP contribution < -0.4 is 25.2 Å². The standard InChI is InChI=1S/C50H47N7O10/c1-7-32-34-20-31(18-19-39(34)52-43-36(32)24-56-40(43)22-38-37(47(56)61)25-65-48(62)50(38,64)8-2)67-49(63)55(6)27-10-14-29(15-11-27)66-30-16-12-28(13-17-30)57-44(53-54-45(57)46(60)51-9-3)35-21-33(26(4)5)41(58)23-42(35)59/h10-23,26,58-59,64H,7-9,24-25H2,1-6H3,(H,51,60)/t50-/m0/s1. The molecule has 67 heavy (non-hydrogen) atoms. The van der Waals surface area contributed by atoms with E-state index in [0.29, 0.717) is 64.1 Å². The number of pyridine rings is 2. The van der Waals surface area contributed by atoms with Gasteiger partial charge in [0.2, 0.25) is 5.82 Å². The van der Waals surface area contributed by atoms with E-state index >= 15 is 0 Å². The highest BCUT2D eigenvalue weighted by Gasteiger charge is 2.45. The summed E-state index contributed by atoms with van der Waals surface area (Å²) in [5, 5.41) is 44.5. The Labute approximate surface area is 383 Å². The molecule has 0 spiro atoms. The second-order valence-electron chi connectivity index (χ2n) is 16.7. The molecule has 4 N–H and O–H groups in total. The molecular formula is C50H47N7O10. The molecule has 0 saturated carbocycles. The molecule has 0 fully saturated rings. The van der Waals surface area contributed by atoms with Crippen LogP contribution in [0, 0.1) is 0 Å². The Morgan fingerprint density at radius 1 is 0.896 bits per heavy atom. The van der Waals surface area contributed by atoms with E-state index in [1.165, 1.54) is 15.5 Å². The molecule has 0 bridgehead atoms. The molecule has 3 aromatic heterocycles. The van der Waals surface area contributed by atoms with E-state index in [-0.39, 0.29) is 70.9 Å². The minimum Gasteiger partial charge on any atom is -0.508 e. The SMILES string of the molecule is CCNC(=O)c1nnc(-c2cc(C(C)C)c(O)cc2O)n1-c1ccc(Oc2ccc(N(C)C(=O)Oc3ccc4nc5c(c(CC)c4c3)Cn3c-5cc4c(c3=O)COC(=O)[C@]4(O)CC)cc2)cc1. The van der Waals surface area contributed by atoms with Crippen molar-refractivity contribution in [3.05, 3.63) is 129 Å². The van der Waals surface area contributed by atoms with Crippen LogP contribution in [0.2, 0.25) is 0 Å². The van der Waals surface area contributed by atoms with Crippen LogP contribution in [0.15, 0.2) is 89.7 Å². The number of aromatic nitrogens is 5. The smallest absolute Gasteiger partial charge is 0.419 e. The molecule has 342 valence electrons. The van der Waals surface area contributed by atoms with Crippen molar-refractivity contribution in [2.75, 3.05) is 18.5 Å². The van der Waals surface area contributed by atoms with E-state index in [9.17, 15) is 34.5 Å². The minimum atomic E-state index is -1.93. The van der Waals surface area contributed by atoms with Gasteiger partial charge in [-0.3, -0.25) is 19.1 Å². The number of phenols is 2. The molecule has 5 heterocycles. The first-order chi connectivity index (χ1) is 32.1. The lowest BCUT2D eigenvalue weighted by Gasteiger charge is -2.31. The van der Waals surface area contributed by atoms with E-state index in [2.05, 4.69) is 15.5 Å². The number of anilines is 1. The van der Waals surface area contributed by atoms with Crippen molar-refractivity contribution in [2.24, 2.45) is 0 Å². The maximum Gasteiger partial charge on any atom is 0.419 e. The van der Waals surface area contributed by atoms with Crippen molar-refractivity contribution in [2.45, 2.75) is 72.1 Å². The molecular weight excluding hydrogens is 859 g/mol. The molecule has 7 aromatic rings. The highest BCUT2D eigenvalue weighted by molar-refractivity contribution is 5.93. The molecule has 0 saturated heterocycles. The fourth-order valence-corrected chi connectivity index (χ4v) is 8.75. The highest BCUT2D eigenvalue weighted by Crippen LogP contribution is 2.42. The Morgan fingerprint density at radius 2 is 1.60 bits per heavy atom. The van der Waals surface area contributed by atoms with Crippen molar-refractivity contribution >= 4 is 34.6 Å². The van der Waals surface area contributed by atoms with Gasteiger partial charge in [-0.2, -0.15) is 0 Å². The maximum absolute atomic E-state index is 13.7. The van der Waals surface area contributed by atoms with Crippen molar-refractivity contribution in [3.63, 3.8) is 0 Å². The van der Waals surface area contributed by atoms with Gasteiger partial charge in [-0.05, 0) is 116 Å². The number of carbonyl (C=O) groups excluding carboxylic acids is 3. The first-order valence-corrected chi connectivity index (χ1v) is 21.9. The number of hydrogen-bond acceptors (Lipinski definition) is 13. The van der Waals surface area contributed by atoms with Crippen molar-refractivity contribution in [3.8, 4) is 57.2 Å². The lowest BCUT2D eigenvalue weighted by Crippen LogP contribution is -2.44. The van der Waals surface area contributed by atoms with Crippen molar-refractivity contribution in [1.82, 2.24) is 29.6 Å². The van der Waals surface area contributed by atoms with Gasteiger partial charge < -0.3 is 39.4 Å². The quantitative estimate of drug-likeness (QED) is 0.0920. The number of aromatic hydroxyl groups is 2. The topological polar surface area (TPSA) is 220 Å². The number of aliphatic hydroxyl groups is 1. The number of esters is 1. The summed E-state index contributed by atoms with van der Waals surface area (Å²) in [5.41, 5.74) is 3.66. The van der Waals surface area contributed by atoms with Gasteiger partial charge in [-0.25, -0.2) is 14.6 Å². The van der Waals surface area contributed by atoms with Crippen LogP contribution >= 0.6 is 0 Å². The lowest BCUT2D eigenvalue weighted by molar-refractivity contribution is -0.172. The molecule has 17 nitrogen and oxygen atoms in total. The fourth-order valence-electron chi connectivity index (χ4n) is 8.75. The summed E-state index contributed by atoms with van der Waals surface area (Å²) >= 11 is 0. The molecule has 0 aliphatic carbocycles. The third-order valence-corrected chi connectivity index (χ3v) is 12.4. The zero-order chi connectivity index (χ0) is 47.5. The molecule has 17 heteroatoms. The number of nitrogens with one attached hydrogen (secondary N) is 1. The number of ether oxygens (including phenoxy) is 3. The van der Waals surface area contributed by atoms with Gasteiger partial charge in [0.1, 0.15) is 35.4 Å². The molecule has 1 atom stereocenters. The van der Waals surface area contributed by atoms with Crippen LogP contribution in [0.1, 0.15) is 85.4 Å². The second-order valence-corrected chi connectivity index (χ2v) is 16.7. The van der Waals surface area contributed by atoms with Gasteiger partial charge in [0.05, 0.1) is 34.6 Å². The number of nitrogens with zero attached hydrogens (tertiary/aromatic N) is 6. The number of benzene rings is 4. The third-order valence-electron chi connectivity index (χ3n) is 12.4. The number of hydrogen-bond donors (Lipinski definition) is 4. The summed E-state index contributed by atoms with van der Waals surface area (Å²) in [6.45, 7) is 9.66. The Kier molecular flexibility index (Phi) is 11.2. The van der Waals surface area contributed by atoms with Gasteiger partial charge in [-0.1, -0.05) is 27.7 Å². The van der Waals surface area contributed by atoms with Crippen LogP contribution in [0.25, 0.3) is 39.4 Å². The Morgan fingerprint density at radius 3 is 2.27 bits per heavy atom. The highest BCUT2D eigenvalue weighted by atomic mass is 16.6. The van der Waals surface area contributed by atoms with E-state index in [0.717, 1.165) is 16.5 Å². The lowest BCUT2D eigenvalue weighted by atomic mass is 9.86. The largest absolute Gasteiger partial charge is 0.508 e. The fraction of sp³-hybridized carbons (Fsp3) is 0.260. The number of aryl methyl sites for hydroxylation is 1. The van der Waals surface area contributed by atoms with Gasteiger partial charge in [-0.15, -0.1) is 10.2 Å². The average molecular weight is 906 g/mol. The monoisotopic (exact) mass is 905 g/mol. The first kappa shape index (κ1) is 44.2. The Hall–Kier alpha value is -8.05. The molecule has 2 aliphatic rings. The van der Waals surface area contributed by atoms with E-state index in [1.807, 2.05) is 20.8 Å². The second kappa shape index (κ2) is 17.1. The predicted octanol–water partition coefficient (Wildman–Crippen LogP) is 7.60. The maximum atomic E-state index is 13.7. The number of phenolic OH excluding ortho intramolecular Hbond substituents is 2. The van der Waals surface area contributed by atoms with Crippen molar-refractivity contribution in [1.29, 1.82) is 0 Å². The average Bonchev–Trinajstić information content (AvgIpc) is 3.92. The molecule has 4 aromatic carbocycles. The summed E-state index contributed by atoms with van der Waals surface area (Å²) in [7, 11) is 1.59. The Bertz CT molecular complexity index is 3220. The van der Waals surface area contributed by atoms with Crippen LogP contribution in [0.5, 0.6) is 28.7 Å². The van der Waals surface area contributed by atoms with Crippen LogP contribution in [0.3, 0.4) is 0 Å². The van der Waals surface area contributed by atoms with E-state index in [4.69, 9.17) is 19.2 Å². The van der Waals surface area contributed by atoms with Crippen molar-refractivity contribution < 1.29 is 43.9 Å². The third kappa shape index (κ3) is 7.56. The molecule has 2 aliphatic heterocycles. The van der Waals surface area contributed by atoms with Crippen LogP contribution in [-0.4, -0.2) is 71.2 Å². The van der Waals surface area contributed by atoms with Gasteiger partial charge in [0, 0.05) is 47.5 Å². The zero-order valence-electron chi connectivity index (χ0n) is 37.6. The number of carbonyl (C=O) groups is 3. The summed E-state index contributed by atoms with van der Waals surface area (Å²) < 4.78 is 20.3. The molecule has 9 rings (SSSR count). The molecule has 0 radical (unpaired) electrons.